The van der Waals surface area contributed by atoms with Gasteiger partial charge < -0.3 is 19.6 Å². The van der Waals surface area contributed by atoms with Crippen LogP contribution in [0.3, 0.4) is 0 Å². The van der Waals surface area contributed by atoms with Gasteiger partial charge in [0.15, 0.2) is 5.76 Å². The third-order valence-electron chi connectivity index (χ3n) is 4.29. The number of nitrogens with zero attached hydrogens (tertiary/aromatic N) is 1. The number of hydrogen-bond acceptors (Lipinski definition) is 4. The molecule has 0 fully saturated rings. The summed E-state index contributed by atoms with van der Waals surface area (Å²) < 4.78 is 11.7. The van der Waals surface area contributed by atoms with Gasteiger partial charge in [0, 0.05) is 39.7 Å². The fourth-order valence-electron chi connectivity index (χ4n) is 2.91. The van der Waals surface area contributed by atoms with Crippen LogP contribution in [0.2, 0.25) is 0 Å². The Morgan fingerprint density at radius 1 is 1.12 bits per heavy atom. The molecule has 0 amide bonds. The summed E-state index contributed by atoms with van der Waals surface area (Å²) in [5.74, 6) is 1.63. The second-order valence-electron chi connectivity index (χ2n) is 6.01. The van der Waals surface area contributed by atoms with Crippen molar-refractivity contribution in [1.82, 2.24) is 15.5 Å². The van der Waals surface area contributed by atoms with Gasteiger partial charge in [-0.1, -0.05) is 21.1 Å². The third-order valence-corrected chi connectivity index (χ3v) is 4.78. The van der Waals surface area contributed by atoms with E-state index in [1.165, 1.54) is 10.9 Å². The molecule has 0 saturated heterocycles. The number of benzene rings is 2. The van der Waals surface area contributed by atoms with Crippen LogP contribution in [-0.2, 0) is 13.1 Å². The Kier molecular flexibility index (Phi) is 4.77. The molecule has 0 radical (unpaired) electrons. The first-order chi connectivity index (χ1) is 12.7. The van der Waals surface area contributed by atoms with Crippen LogP contribution in [0.15, 0.2) is 63.7 Å². The molecule has 26 heavy (non-hydrogen) atoms. The molecule has 2 aromatic carbocycles. The molecule has 0 bridgehead atoms. The lowest BCUT2D eigenvalue weighted by molar-refractivity contribution is 0.374. The summed E-state index contributed by atoms with van der Waals surface area (Å²) in [7, 11) is 1.65. The Hall–Kier alpha value is -2.57. The van der Waals surface area contributed by atoms with Gasteiger partial charge in [-0.05, 0) is 48.0 Å². The number of aromatic nitrogens is 2. The summed E-state index contributed by atoms with van der Waals surface area (Å²) in [5.41, 5.74) is 4.17. The average Bonchev–Trinajstić information content (AvgIpc) is 3.29. The van der Waals surface area contributed by atoms with E-state index in [-0.39, 0.29) is 0 Å². The fraction of sp³-hybridized carbons (Fsp3) is 0.150. The van der Waals surface area contributed by atoms with Gasteiger partial charge in [0.05, 0.1) is 13.7 Å². The highest BCUT2D eigenvalue weighted by Crippen LogP contribution is 2.24. The normalized spacial score (nSPS) is 11.2. The van der Waals surface area contributed by atoms with Gasteiger partial charge in [-0.3, -0.25) is 0 Å². The molecule has 5 nitrogen and oxygen atoms in total. The first-order valence-corrected chi connectivity index (χ1v) is 9.08. The monoisotopic (exact) mass is 411 g/mol. The molecule has 132 valence electrons. The van der Waals surface area contributed by atoms with Crippen LogP contribution in [-0.4, -0.2) is 17.3 Å². The predicted octanol–water partition coefficient (Wildman–Crippen LogP) is 4.88. The molecule has 0 unspecified atom stereocenters. The molecular weight excluding hydrogens is 394 g/mol. The van der Waals surface area contributed by atoms with E-state index in [9.17, 15) is 0 Å². The van der Waals surface area contributed by atoms with Crippen molar-refractivity contribution in [2.24, 2.45) is 0 Å². The van der Waals surface area contributed by atoms with E-state index in [1.807, 2.05) is 42.6 Å². The Labute approximate surface area is 159 Å². The zero-order chi connectivity index (χ0) is 17.9. The maximum Gasteiger partial charge on any atom is 0.151 e. The molecule has 6 heteroatoms. The predicted molar refractivity (Wildman–Crippen MR) is 105 cm³/mol. The van der Waals surface area contributed by atoms with Gasteiger partial charge in [-0.15, -0.1) is 0 Å². The zero-order valence-corrected chi connectivity index (χ0v) is 15.8. The summed E-state index contributed by atoms with van der Waals surface area (Å²) in [5, 5.41) is 8.77. The summed E-state index contributed by atoms with van der Waals surface area (Å²) >= 11 is 3.52. The molecule has 4 aromatic rings. The second-order valence-corrected chi connectivity index (χ2v) is 6.93. The number of hydrogen-bond donors (Lipinski definition) is 2. The minimum absolute atomic E-state index is 0.615. The second kappa shape index (κ2) is 7.35. The van der Waals surface area contributed by atoms with Crippen LogP contribution in [0.1, 0.15) is 11.3 Å². The standard InChI is InChI=1S/C20H18BrN3O2/c1-25-16-5-2-13(3-6-16)20-9-17(26-24-20)12-22-10-14-11-23-19-7-4-15(21)8-18(14)19/h2-9,11,22-23H,10,12H2,1H3. The number of halogens is 1. The van der Waals surface area contributed by atoms with Crippen LogP contribution in [0, 0.1) is 0 Å². The maximum absolute atomic E-state index is 5.44. The summed E-state index contributed by atoms with van der Waals surface area (Å²) in [6.07, 6.45) is 2.03. The summed E-state index contributed by atoms with van der Waals surface area (Å²) in [6.45, 7) is 1.36. The van der Waals surface area contributed by atoms with Crippen LogP contribution < -0.4 is 10.1 Å². The Balaban J connectivity index is 1.40. The molecule has 2 aromatic heterocycles. The highest BCUT2D eigenvalue weighted by molar-refractivity contribution is 9.10. The number of methoxy groups -OCH3 is 1. The highest BCUT2D eigenvalue weighted by atomic mass is 79.9. The molecule has 2 heterocycles. The Morgan fingerprint density at radius 3 is 2.77 bits per heavy atom. The van der Waals surface area contributed by atoms with Crippen molar-refractivity contribution in [2.75, 3.05) is 7.11 Å². The van der Waals surface area contributed by atoms with E-state index in [1.54, 1.807) is 7.11 Å². The van der Waals surface area contributed by atoms with Gasteiger partial charge in [0.25, 0.3) is 0 Å². The van der Waals surface area contributed by atoms with Gasteiger partial charge in [-0.25, -0.2) is 0 Å². The number of nitrogens with one attached hydrogen (secondary N) is 2. The smallest absolute Gasteiger partial charge is 0.151 e. The third kappa shape index (κ3) is 3.52. The van der Waals surface area contributed by atoms with E-state index in [4.69, 9.17) is 9.26 Å². The van der Waals surface area contributed by atoms with Crippen molar-refractivity contribution < 1.29 is 9.26 Å². The summed E-state index contributed by atoms with van der Waals surface area (Å²) in [4.78, 5) is 3.29. The lowest BCUT2D eigenvalue weighted by Crippen LogP contribution is -2.11. The molecule has 0 aliphatic rings. The van der Waals surface area contributed by atoms with Crippen LogP contribution in [0.4, 0.5) is 0 Å². The van der Waals surface area contributed by atoms with Gasteiger partial charge >= 0.3 is 0 Å². The first-order valence-electron chi connectivity index (χ1n) is 8.29. The van der Waals surface area contributed by atoms with Crippen molar-refractivity contribution in [3.05, 3.63) is 70.5 Å². The quantitative estimate of drug-likeness (QED) is 0.474. The largest absolute Gasteiger partial charge is 0.497 e. The number of ether oxygens (including phenoxy) is 1. The number of H-pyrrole nitrogens is 1. The molecule has 0 aliphatic carbocycles. The molecule has 0 spiro atoms. The van der Waals surface area contributed by atoms with Crippen LogP contribution >= 0.6 is 15.9 Å². The van der Waals surface area contributed by atoms with Gasteiger partial charge in [0.1, 0.15) is 11.4 Å². The molecular formula is C20H18BrN3O2. The molecule has 4 rings (SSSR count). The van der Waals surface area contributed by atoms with E-state index in [0.717, 1.165) is 39.3 Å². The maximum atomic E-state index is 5.44. The van der Waals surface area contributed by atoms with Gasteiger partial charge in [0.2, 0.25) is 0 Å². The number of fused-ring (bicyclic) bond motifs is 1. The Bertz CT molecular complexity index is 1020. The highest BCUT2D eigenvalue weighted by Gasteiger charge is 2.08. The SMILES string of the molecule is COc1ccc(-c2cc(CNCc3c[nH]c4ccc(Br)cc34)on2)cc1. The van der Waals surface area contributed by atoms with Gasteiger partial charge in [-0.2, -0.15) is 0 Å². The minimum Gasteiger partial charge on any atom is -0.497 e. The topological polar surface area (TPSA) is 63.1 Å². The van der Waals surface area contributed by atoms with Crippen LogP contribution in [0.5, 0.6) is 5.75 Å². The van der Waals surface area contributed by atoms with Crippen molar-refractivity contribution in [3.8, 4) is 17.0 Å². The molecule has 2 N–H and O–H groups in total. The molecule has 0 atom stereocenters. The van der Waals surface area contributed by atoms with E-state index in [0.29, 0.717) is 6.54 Å². The average molecular weight is 412 g/mol. The minimum atomic E-state index is 0.615. The van der Waals surface area contributed by atoms with E-state index < -0.39 is 0 Å². The van der Waals surface area contributed by atoms with Crippen molar-refractivity contribution in [1.29, 1.82) is 0 Å². The van der Waals surface area contributed by atoms with Crippen molar-refractivity contribution >= 4 is 26.8 Å². The number of rotatable bonds is 6. The molecule has 0 aliphatic heterocycles. The zero-order valence-electron chi connectivity index (χ0n) is 14.3. The lowest BCUT2D eigenvalue weighted by Gasteiger charge is -2.01. The van der Waals surface area contributed by atoms with Crippen molar-refractivity contribution in [3.63, 3.8) is 0 Å². The van der Waals surface area contributed by atoms with Crippen LogP contribution in [0.25, 0.3) is 22.2 Å². The van der Waals surface area contributed by atoms with Crippen molar-refractivity contribution in [2.45, 2.75) is 13.1 Å². The lowest BCUT2D eigenvalue weighted by atomic mass is 10.1. The fourth-order valence-corrected chi connectivity index (χ4v) is 3.27. The molecule has 0 saturated carbocycles. The first kappa shape index (κ1) is 16.9. The summed E-state index contributed by atoms with van der Waals surface area (Å²) in [6, 6.07) is 16.0. The Morgan fingerprint density at radius 2 is 1.96 bits per heavy atom. The van der Waals surface area contributed by atoms with E-state index in [2.05, 4.69) is 43.5 Å². The van der Waals surface area contributed by atoms with E-state index >= 15 is 0 Å². The number of aromatic amines is 1.